The maximum Gasteiger partial charge on any atom is 0.328 e. The van der Waals surface area contributed by atoms with Crippen LogP contribution in [0.2, 0.25) is 0 Å². The zero-order chi connectivity index (χ0) is 20.9. The van der Waals surface area contributed by atoms with E-state index < -0.39 is 0 Å². The molecule has 1 fully saturated rings. The van der Waals surface area contributed by atoms with E-state index in [1.54, 1.807) is 19.4 Å². The minimum atomic E-state index is -0.339. The van der Waals surface area contributed by atoms with Crippen LogP contribution in [0.3, 0.4) is 0 Å². The SMILES string of the molecule is COCCOc1nc(N)c2[nH]c(=O)n(Cc3ccc(ON4CCCCC4)nc3)c2n1. The molecule has 0 aromatic carbocycles. The molecule has 0 spiro atoms. The molecule has 0 amide bonds. The predicted octanol–water partition coefficient (Wildman–Crippen LogP) is 0.950. The number of nitrogen functional groups attached to an aromatic ring is 1. The fourth-order valence-electron chi connectivity index (χ4n) is 3.29. The van der Waals surface area contributed by atoms with E-state index in [-0.39, 0.29) is 30.7 Å². The van der Waals surface area contributed by atoms with Crippen LogP contribution in [0.4, 0.5) is 5.82 Å². The van der Waals surface area contributed by atoms with Crippen LogP contribution in [0.25, 0.3) is 11.2 Å². The number of imidazole rings is 1. The summed E-state index contributed by atoms with van der Waals surface area (Å²) < 4.78 is 11.9. The van der Waals surface area contributed by atoms with Crippen LogP contribution in [0, 0.1) is 0 Å². The molecular formula is C19H25N7O4. The molecule has 0 atom stereocenters. The van der Waals surface area contributed by atoms with Gasteiger partial charge >= 0.3 is 11.7 Å². The monoisotopic (exact) mass is 415 g/mol. The third-order valence-electron chi connectivity index (χ3n) is 4.82. The van der Waals surface area contributed by atoms with Crippen molar-refractivity contribution in [3.63, 3.8) is 0 Å². The summed E-state index contributed by atoms with van der Waals surface area (Å²) in [7, 11) is 1.57. The molecule has 3 aromatic heterocycles. The van der Waals surface area contributed by atoms with Crippen molar-refractivity contribution < 1.29 is 14.3 Å². The second kappa shape index (κ2) is 9.09. The number of hydrogen-bond acceptors (Lipinski definition) is 9. The Hall–Kier alpha value is -3.18. The van der Waals surface area contributed by atoms with Crippen LogP contribution in [0.1, 0.15) is 24.8 Å². The number of fused-ring (bicyclic) bond motifs is 1. The molecule has 30 heavy (non-hydrogen) atoms. The van der Waals surface area contributed by atoms with Gasteiger partial charge in [-0.3, -0.25) is 4.57 Å². The summed E-state index contributed by atoms with van der Waals surface area (Å²) in [6.07, 6.45) is 5.18. The van der Waals surface area contributed by atoms with Gasteiger partial charge in [-0.1, -0.05) is 12.5 Å². The smallest absolute Gasteiger partial charge is 0.328 e. The number of H-pyrrole nitrogens is 1. The van der Waals surface area contributed by atoms with Gasteiger partial charge in [-0.25, -0.2) is 9.78 Å². The normalized spacial score (nSPS) is 14.8. The van der Waals surface area contributed by atoms with Crippen molar-refractivity contribution in [2.75, 3.05) is 39.1 Å². The van der Waals surface area contributed by atoms with E-state index in [2.05, 4.69) is 19.9 Å². The number of aromatic amines is 1. The van der Waals surface area contributed by atoms with E-state index in [1.807, 2.05) is 11.1 Å². The van der Waals surface area contributed by atoms with Crippen molar-refractivity contribution >= 4 is 17.0 Å². The number of rotatable bonds is 8. The molecule has 11 heteroatoms. The topological polar surface area (TPSA) is 133 Å². The molecule has 3 aromatic rings. The average molecular weight is 415 g/mol. The number of nitrogens with zero attached hydrogens (tertiary/aromatic N) is 5. The first-order chi connectivity index (χ1) is 14.6. The van der Waals surface area contributed by atoms with Crippen molar-refractivity contribution in [1.82, 2.24) is 29.6 Å². The van der Waals surface area contributed by atoms with Gasteiger partial charge in [-0.15, -0.1) is 5.06 Å². The Kier molecular flexibility index (Phi) is 6.10. The third kappa shape index (κ3) is 4.52. The van der Waals surface area contributed by atoms with Crippen LogP contribution >= 0.6 is 0 Å². The largest absolute Gasteiger partial charge is 0.461 e. The number of nitrogens with two attached hydrogens (primary N) is 1. The Balaban J connectivity index is 1.52. The maximum atomic E-state index is 12.5. The number of anilines is 1. The van der Waals surface area contributed by atoms with Gasteiger partial charge in [-0.05, 0) is 18.4 Å². The Morgan fingerprint density at radius 2 is 2.00 bits per heavy atom. The molecular weight excluding hydrogens is 390 g/mol. The summed E-state index contributed by atoms with van der Waals surface area (Å²) in [4.78, 5) is 33.7. The first-order valence-electron chi connectivity index (χ1n) is 9.89. The first kappa shape index (κ1) is 20.1. The van der Waals surface area contributed by atoms with Crippen molar-refractivity contribution in [3.05, 3.63) is 34.4 Å². The molecule has 11 nitrogen and oxygen atoms in total. The summed E-state index contributed by atoms with van der Waals surface area (Å²) in [6, 6.07) is 3.76. The summed E-state index contributed by atoms with van der Waals surface area (Å²) >= 11 is 0. The zero-order valence-corrected chi connectivity index (χ0v) is 16.8. The van der Waals surface area contributed by atoms with Gasteiger partial charge in [0.25, 0.3) is 0 Å². The summed E-state index contributed by atoms with van der Waals surface area (Å²) in [5.74, 6) is 0.680. The van der Waals surface area contributed by atoms with Crippen LogP contribution < -0.4 is 21.0 Å². The highest BCUT2D eigenvalue weighted by atomic mass is 16.7. The predicted molar refractivity (Wildman–Crippen MR) is 109 cm³/mol. The van der Waals surface area contributed by atoms with Crippen LogP contribution in [-0.4, -0.2) is 63.0 Å². The number of methoxy groups -OCH3 is 1. The van der Waals surface area contributed by atoms with E-state index in [1.165, 1.54) is 11.0 Å². The summed E-state index contributed by atoms with van der Waals surface area (Å²) in [5, 5.41) is 1.93. The number of hydrogen-bond donors (Lipinski definition) is 2. The molecule has 4 heterocycles. The summed E-state index contributed by atoms with van der Waals surface area (Å²) in [5.41, 5.74) is 7.19. The van der Waals surface area contributed by atoms with Crippen molar-refractivity contribution in [2.24, 2.45) is 0 Å². The lowest BCUT2D eigenvalue weighted by atomic mass is 10.2. The molecule has 0 bridgehead atoms. The second-order valence-corrected chi connectivity index (χ2v) is 7.03. The fourth-order valence-corrected chi connectivity index (χ4v) is 3.29. The van der Waals surface area contributed by atoms with Crippen LogP contribution in [0.15, 0.2) is 23.1 Å². The second-order valence-electron chi connectivity index (χ2n) is 7.03. The van der Waals surface area contributed by atoms with Gasteiger partial charge in [-0.2, -0.15) is 9.97 Å². The number of nitrogens with one attached hydrogen (secondary N) is 1. The molecule has 0 unspecified atom stereocenters. The highest BCUT2D eigenvalue weighted by Gasteiger charge is 2.16. The molecule has 1 aliphatic rings. The van der Waals surface area contributed by atoms with Gasteiger partial charge in [0.05, 0.1) is 13.2 Å². The van der Waals surface area contributed by atoms with Gasteiger partial charge in [0, 0.05) is 32.5 Å². The lowest BCUT2D eigenvalue weighted by Gasteiger charge is -2.25. The number of aromatic nitrogens is 5. The Bertz CT molecular complexity index is 1040. The minimum absolute atomic E-state index is 0.0909. The zero-order valence-electron chi connectivity index (χ0n) is 16.8. The molecule has 0 aliphatic carbocycles. The van der Waals surface area contributed by atoms with Gasteiger partial charge < -0.3 is 25.0 Å². The van der Waals surface area contributed by atoms with Crippen molar-refractivity contribution in [1.29, 1.82) is 0 Å². The van der Waals surface area contributed by atoms with Gasteiger partial charge in [0.2, 0.25) is 5.88 Å². The standard InChI is InChI=1S/C19H25N7O4/c1-28-9-10-29-18-23-16(20)15-17(24-18)26(19(27)22-15)12-13-5-6-14(21-11-13)30-25-7-3-2-4-8-25/h5-6,11H,2-4,7-10,12H2,1H3,(H,22,27)(H2,20,23,24). The number of ether oxygens (including phenoxy) is 2. The lowest BCUT2D eigenvalue weighted by Crippen LogP contribution is -2.33. The van der Waals surface area contributed by atoms with Crippen LogP contribution in [-0.2, 0) is 11.3 Å². The van der Waals surface area contributed by atoms with E-state index in [0.717, 1.165) is 31.5 Å². The fraction of sp³-hybridized carbons (Fsp3) is 0.474. The Morgan fingerprint density at radius 1 is 1.17 bits per heavy atom. The average Bonchev–Trinajstić information content (AvgIpc) is 3.06. The van der Waals surface area contributed by atoms with Crippen molar-refractivity contribution in [3.8, 4) is 11.9 Å². The summed E-state index contributed by atoms with van der Waals surface area (Å²) in [6.45, 7) is 2.75. The van der Waals surface area contributed by atoms with Gasteiger partial charge in [0.15, 0.2) is 11.5 Å². The highest BCUT2D eigenvalue weighted by molar-refractivity contribution is 5.81. The molecule has 0 saturated carbocycles. The highest BCUT2D eigenvalue weighted by Crippen LogP contribution is 2.19. The molecule has 4 rings (SSSR count). The van der Waals surface area contributed by atoms with Crippen molar-refractivity contribution in [2.45, 2.75) is 25.8 Å². The van der Waals surface area contributed by atoms with E-state index >= 15 is 0 Å². The van der Waals surface area contributed by atoms with E-state index in [0.29, 0.717) is 23.7 Å². The Morgan fingerprint density at radius 3 is 2.73 bits per heavy atom. The minimum Gasteiger partial charge on any atom is -0.461 e. The molecule has 0 radical (unpaired) electrons. The molecule has 1 aliphatic heterocycles. The molecule has 160 valence electrons. The van der Waals surface area contributed by atoms with Gasteiger partial charge in [0.1, 0.15) is 12.1 Å². The Labute approximate surface area is 172 Å². The number of hydroxylamine groups is 2. The maximum absolute atomic E-state index is 12.5. The first-order valence-corrected chi connectivity index (χ1v) is 9.89. The quantitative estimate of drug-likeness (QED) is 0.516. The molecule has 1 saturated heterocycles. The number of pyridine rings is 1. The third-order valence-corrected chi connectivity index (χ3v) is 4.82. The number of piperidine rings is 1. The molecule has 3 N–H and O–H groups in total. The van der Waals surface area contributed by atoms with Crippen LogP contribution in [0.5, 0.6) is 11.9 Å². The van der Waals surface area contributed by atoms with E-state index in [4.69, 9.17) is 20.0 Å². The lowest BCUT2D eigenvalue weighted by molar-refractivity contribution is -0.0758. The van der Waals surface area contributed by atoms with E-state index in [9.17, 15) is 4.79 Å².